The van der Waals surface area contributed by atoms with Crippen molar-refractivity contribution in [1.29, 1.82) is 0 Å². The Morgan fingerprint density at radius 1 is 1.09 bits per heavy atom. The van der Waals surface area contributed by atoms with E-state index < -0.39 is 6.10 Å². The summed E-state index contributed by atoms with van der Waals surface area (Å²) in [5.41, 5.74) is 1.65. The van der Waals surface area contributed by atoms with Gasteiger partial charge in [-0.25, -0.2) is 0 Å². The van der Waals surface area contributed by atoms with Gasteiger partial charge >= 0.3 is 5.97 Å². The normalized spacial score (nSPS) is 19.0. The Hall–Kier alpha value is -1.99. The Labute approximate surface area is 198 Å². The highest BCUT2D eigenvalue weighted by atomic mass is 35.5. The van der Waals surface area contributed by atoms with Crippen molar-refractivity contribution in [3.05, 3.63) is 57.6 Å². The summed E-state index contributed by atoms with van der Waals surface area (Å²) in [5, 5.41) is 1.19. The van der Waals surface area contributed by atoms with Gasteiger partial charge in [0.25, 0.3) is 0 Å². The van der Waals surface area contributed by atoms with Crippen LogP contribution in [0.3, 0.4) is 0 Å². The highest BCUT2D eigenvalue weighted by Gasteiger charge is 2.29. The summed E-state index contributed by atoms with van der Waals surface area (Å²) >= 11 is 12.6. The number of piperidine rings is 1. The fourth-order valence-electron chi connectivity index (χ4n) is 4.23. The summed E-state index contributed by atoms with van der Waals surface area (Å²) in [7, 11) is 0. The van der Waals surface area contributed by atoms with E-state index >= 15 is 0 Å². The lowest BCUT2D eigenvalue weighted by Crippen LogP contribution is -2.41. The van der Waals surface area contributed by atoms with Crippen LogP contribution in [-0.2, 0) is 14.3 Å². The Morgan fingerprint density at radius 2 is 1.75 bits per heavy atom. The van der Waals surface area contributed by atoms with Crippen molar-refractivity contribution in [2.24, 2.45) is 5.92 Å². The molecule has 32 heavy (non-hydrogen) atoms. The van der Waals surface area contributed by atoms with Gasteiger partial charge in [0, 0.05) is 34.3 Å². The summed E-state index contributed by atoms with van der Waals surface area (Å²) in [4.78, 5) is 14.4. The Balaban J connectivity index is 1.51. The van der Waals surface area contributed by atoms with E-state index in [9.17, 15) is 4.79 Å². The van der Waals surface area contributed by atoms with Crippen LogP contribution in [0.15, 0.2) is 36.4 Å². The molecule has 1 atom stereocenters. The number of carbonyl (C=O) groups is 1. The van der Waals surface area contributed by atoms with E-state index in [1.54, 1.807) is 12.1 Å². The number of esters is 1. The van der Waals surface area contributed by atoms with Crippen LogP contribution in [0, 0.1) is 5.92 Å². The number of halogens is 2. The van der Waals surface area contributed by atoms with Gasteiger partial charge in [0.2, 0.25) is 6.79 Å². The number of likely N-dealkylation sites (tertiary alicyclic amines) is 1. The molecule has 4 rings (SSSR count). The molecule has 0 saturated carbocycles. The molecule has 0 spiro atoms. The van der Waals surface area contributed by atoms with Gasteiger partial charge in [-0.05, 0) is 62.7 Å². The number of hydrogen-bond acceptors (Lipinski definition) is 6. The quantitative estimate of drug-likeness (QED) is 0.536. The first-order chi connectivity index (χ1) is 15.5. The third kappa shape index (κ3) is 5.49. The van der Waals surface area contributed by atoms with Crippen molar-refractivity contribution in [1.82, 2.24) is 4.90 Å². The number of carbonyl (C=O) groups excluding carboxylic acids is 1. The van der Waals surface area contributed by atoms with E-state index in [0.29, 0.717) is 47.8 Å². The summed E-state index contributed by atoms with van der Waals surface area (Å²) in [6, 6.07) is 10.9. The monoisotopic (exact) mass is 479 g/mol. The molecule has 0 unspecified atom stereocenters. The average molecular weight is 480 g/mol. The predicted octanol–water partition coefficient (Wildman–Crippen LogP) is 5.10. The largest absolute Gasteiger partial charge is 0.466 e. The zero-order valence-electron chi connectivity index (χ0n) is 18.0. The highest BCUT2D eigenvalue weighted by Crippen LogP contribution is 2.41. The number of fused-ring (bicyclic) bond motifs is 2. The van der Waals surface area contributed by atoms with E-state index in [2.05, 4.69) is 4.90 Å². The molecule has 2 heterocycles. The lowest BCUT2D eigenvalue weighted by atomic mass is 9.98. The lowest BCUT2D eigenvalue weighted by molar-refractivity contribution is -0.150. The second-order valence-corrected chi connectivity index (χ2v) is 8.79. The highest BCUT2D eigenvalue weighted by molar-refractivity contribution is 6.31. The molecule has 6 nitrogen and oxygen atoms in total. The van der Waals surface area contributed by atoms with E-state index in [4.69, 9.17) is 42.1 Å². The fourth-order valence-corrected chi connectivity index (χ4v) is 4.59. The smallest absolute Gasteiger partial charge is 0.310 e. The maximum Gasteiger partial charge on any atom is 0.310 e. The van der Waals surface area contributed by atoms with Crippen molar-refractivity contribution in [2.45, 2.75) is 25.9 Å². The second kappa shape index (κ2) is 10.8. The fraction of sp³-hybridized carbons (Fsp3) is 0.458. The van der Waals surface area contributed by atoms with Gasteiger partial charge in [-0.15, -0.1) is 0 Å². The van der Waals surface area contributed by atoms with Gasteiger partial charge in [0.15, 0.2) is 0 Å². The molecule has 0 aliphatic carbocycles. The van der Waals surface area contributed by atoms with Crippen LogP contribution in [0.2, 0.25) is 10.0 Å². The van der Waals surface area contributed by atoms with E-state index in [1.165, 1.54) is 0 Å². The van der Waals surface area contributed by atoms with Crippen LogP contribution in [-0.4, -0.2) is 50.5 Å². The summed E-state index contributed by atoms with van der Waals surface area (Å²) in [6.07, 6.45) is 1.37. The number of ether oxygens (including phenoxy) is 4. The van der Waals surface area contributed by atoms with Crippen molar-refractivity contribution in [2.75, 3.05) is 39.6 Å². The van der Waals surface area contributed by atoms with Gasteiger partial charge in [-0.1, -0.05) is 23.2 Å². The molecule has 2 aromatic rings. The molecule has 0 radical (unpaired) electrons. The molecule has 2 aromatic carbocycles. The van der Waals surface area contributed by atoms with Gasteiger partial charge in [0.05, 0.1) is 19.1 Å². The molecular formula is C24H27Cl2NO5. The lowest BCUT2D eigenvalue weighted by Gasteiger charge is -2.32. The molecule has 8 heteroatoms. The molecule has 2 aliphatic heterocycles. The SMILES string of the molecule is CCOC(=O)[C@@H]1CCCN(CCOC2c3cc(Cl)ccc3OCOc3ccc(Cl)cc32)C1. The zero-order chi connectivity index (χ0) is 22.5. The summed E-state index contributed by atoms with van der Waals surface area (Å²) in [5.74, 6) is 1.13. The molecule has 0 amide bonds. The maximum atomic E-state index is 12.1. The minimum absolute atomic E-state index is 0.0778. The third-order valence-corrected chi connectivity index (χ3v) is 6.23. The van der Waals surface area contributed by atoms with Crippen LogP contribution >= 0.6 is 23.2 Å². The maximum absolute atomic E-state index is 12.1. The van der Waals surface area contributed by atoms with Crippen molar-refractivity contribution >= 4 is 29.2 Å². The van der Waals surface area contributed by atoms with Crippen LogP contribution in [0.25, 0.3) is 0 Å². The molecule has 0 aromatic heterocycles. The van der Waals surface area contributed by atoms with Gasteiger partial charge in [0.1, 0.15) is 17.6 Å². The third-order valence-electron chi connectivity index (χ3n) is 5.75. The molecular weight excluding hydrogens is 453 g/mol. The van der Waals surface area contributed by atoms with Gasteiger partial charge in [-0.3, -0.25) is 4.79 Å². The minimum Gasteiger partial charge on any atom is -0.466 e. The Kier molecular flexibility index (Phi) is 7.79. The average Bonchev–Trinajstić information content (AvgIpc) is 2.78. The Bertz CT molecular complexity index is 900. The van der Waals surface area contributed by atoms with Crippen LogP contribution < -0.4 is 9.47 Å². The second-order valence-electron chi connectivity index (χ2n) is 7.91. The first kappa shape index (κ1) is 23.2. The number of rotatable bonds is 6. The van der Waals surface area contributed by atoms with Gasteiger partial charge < -0.3 is 23.8 Å². The Morgan fingerprint density at radius 3 is 2.38 bits per heavy atom. The van der Waals surface area contributed by atoms with Crippen molar-refractivity contribution in [3.63, 3.8) is 0 Å². The minimum atomic E-state index is -0.455. The van der Waals surface area contributed by atoms with E-state index in [1.807, 2.05) is 31.2 Å². The van der Waals surface area contributed by atoms with Crippen molar-refractivity contribution < 1.29 is 23.7 Å². The summed E-state index contributed by atoms with van der Waals surface area (Å²) < 4.78 is 23.2. The zero-order valence-corrected chi connectivity index (χ0v) is 19.5. The van der Waals surface area contributed by atoms with Crippen molar-refractivity contribution in [3.8, 4) is 11.5 Å². The standard InChI is InChI=1S/C24H27Cl2NO5/c1-2-29-24(28)16-4-3-9-27(14-16)10-11-30-23-19-12-17(25)5-7-21(19)31-15-32-22-8-6-18(26)13-20(22)23/h5-8,12-13,16,23H,2-4,9-11,14-15H2,1H3/t16-/m1/s1. The molecule has 1 fully saturated rings. The van der Waals surface area contributed by atoms with Crippen LogP contribution in [0.5, 0.6) is 11.5 Å². The number of benzene rings is 2. The molecule has 2 aliphatic rings. The van der Waals surface area contributed by atoms with E-state index in [0.717, 1.165) is 30.5 Å². The first-order valence-electron chi connectivity index (χ1n) is 10.9. The molecule has 1 saturated heterocycles. The topological polar surface area (TPSA) is 57.2 Å². The molecule has 0 bridgehead atoms. The number of hydrogen-bond donors (Lipinski definition) is 0. The summed E-state index contributed by atoms with van der Waals surface area (Å²) in [6.45, 7) is 5.10. The molecule has 172 valence electrons. The first-order valence-corrected chi connectivity index (χ1v) is 11.7. The predicted molar refractivity (Wildman–Crippen MR) is 123 cm³/mol. The van der Waals surface area contributed by atoms with E-state index in [-0.39, 0.29) is 18.7 Å². The van der Waals surface area contributed by atoms with Crippen LogP contribution in [0.4, 0.5) is 0 Å². The van der Waals surface area contributed by atoms with Gasteiger partial charge in [-0.2, -0.15) is 0 Å². The van der Waals surface area contributed by atoms with Crippen LogP contribution in [0.1, 0.15) is 37.0 Å². The number of nitrogens with zero attached hydrogens (tertiary/aromatic N) is 1. The molecule has 0 N–H and O–H groups in total.